The number of carboxylic acids is 1. The van der Waals surface area contributed by atoms with E-state index in [1.54, 1.807) is 18.2 Å². The number of hydrogen-bond donors (Lipinski definition) is 2. The average molecular weight is 497 g/mol. The van der Waals surface area contributed by atoms with E-state index >= 15 is 0 Å². The third-order valence-corrected chi connectivity index (χ3v) is 6.15. The van der Waals surface area contributed by atoms with E-state index in [1.807, 2.05) is 60.7 Å². The van der Waals surface area contributed by atoms with Gasteiger partial charge in [-0.25, -0.2) is 4.79 Å². The third-order valence-electron chi connectivity index (χ3n) is 5.91. The fraction of sp³-hybridized carbons (Fsp3) is 0.0690. The number of aromatic carboxylic acids is 1. The Balaban J connectivity index is 1.51. The first kappa shape index (κ1) is 23.3. The van der Waals surface area contributed by atoms with Crippen molar-refractivity contribution in [2.75, 3.05) is 0 Å². The van der Waals surface area contributed by atoms with E-state index < -0.39 is 5.97 Å². The molecule has 7 heteroatoms. The van der Waals surface area contributed by atoms with Gasteiger partial charge in [-0.05, 0) is 58.7 Å². The predicted molar refractivity (Wildman–Crippen MR) is 138 cm³/mol. The van der Waals surface area contributed by atoms with Crippen LogP contribution in [0, 0.1) is 0 Å². The molecule has 0 aliphatic heterocycles. The van der Waals surface area contributed by atoms with Gasteiger partial charge in [0.1, 0.15) is 11.3 Å². The summed E-state index contributed by atoms with van der Waals surface area (Å²) >= 11 is 6.16. The average Bonchev–Trinajstić information content (AvgIpc) is 3.30. The summed E-state index contributed by atoms with van der Waals surface area (Å²) in [5, 5.41) is 17.6. The molecule has 0 spiro atoms. The van der Waals surface area contributed by atoms with E-state index in [0.29, 0.717) is 33.7 Å². The molecule has 1 heterocycles. The minimum absolute atomic E-state index is 0.192. The van der Waals surface area contributed by atoms with Crippen molar-refractivity contribution in [1.29, 1.82) is 0 Å². The standard InChI is InChI=1S/C29H21ClN2O4/c30-23-8-4-5-19(13-23)14-26-27-24(28(33)31-17-18-9-11-21(12-10-18)29(34)35)15-22(16-25(27)32-36-26)20-6-2-1-3-7-20/h1-13,15-16H,14,17H2,(H,31,33)(H,34,35). The first-order valence-electron chi connectivity index (χ1n) is 11.3. The number of carbonyl (C=O) groups excluding carboxylic acids is 1. The summed E-state index contributed by atoms with van der Waals surface area (Å²) < 4.78 is 5.71. The number of fused-ring (bicyclic) bond motifs is 1. The predicted octanol–water partition coefficient (Wildman–Crippen LogP) is 6.37. The molecule has 0 bridgehead atoms. The van der Waals surface area contributed by atoms with Crippen LogP contribution in [0.4, 0.5) is 0 Å². The van der Waals surface area contributed by atoms with Gasteiger partial charge in [0, 0.05) is 18.0 Å². The van der Waals surface area contributed by atoms with Crippen LogP contribution in [0.3, 0.4) is 0 Å². The minimum Gasteiger partial charge on any atom is -0.478 e. The van der Waals surface area contributed by atoms with Gasteiger partial charge in [0.15, 0.2) is 0 Å². The second kappa shape index (κ2) is 10.1. The maximum absolute atomic E-state index is 13.5. The van der Waals surface area contributed by atoms with Crippen LogP contribution < -0.4 is 5.32 Å². The molecule has 2 N–H and O–H groups in total. The lowest BCUT2D eigenvalue weighted by Gasteiger charge is -2.10. The molecule has 178 valence electrons. The lowest BCUT2D eigenvalue weighted by molar-refractivity contribution is 0.0696. The van der Waals surface area contributed by atoms with Crippen LogP contribution in [0.15, 0.2) is 95.5 Å². The Morgan fingerprint density at radius 1 is 0.861 bits per heavy atom. The number of carboxylic acid groups (broad SMARTS) is 1. The molecular formula is C29H21ClN2O4. The molecule has 0 radical (unpaired) electrons. The molecule has 0 saturated carbocycles. The van der Waals surface area contributed by atoms with E-state index in [0.717, 1.165) is 22.3 Å². The summed E-state index contributed by atoms with van der Waals surface area (Å²) in [5.74, 6) is -0.705. The molecule has 5 aromatic rings. The molecule has 0 aliphatic carbocycles. The van der Waals surface area contributed by atoms with Crippen LogP contribution >= 0.6 is 11.6 Å². The van der Waals surface area contributed by atoms with E-state index in [2.05, 4.69) is 10.5 Å². The second-order valence-corrected chi connectivity index (χ2v) is 8.82. The van der Waals surface area contributed by atoms with Gasteiger partial charge in [0.05, 0.1) is 16.5 Å². The van der Waals surface area contributed by atoms with Crippen molar-refractivity contribution < 1.29 is 19.2 Å². The Kier molecular flexibility index (Phi) is 6.52. The van der Waals surface area contributed by atoms with Crippen LogP contribution in [0.5, 0.6) is 0 Å². The molecule has 0 fully saturated rings. The summed E-state index contributed by atoms with van der Waals surface area (Å²) in [6.07, 6.45) is 0.429. The molecule has 1 amide bonds. The highest BCUT2D eigenvalue weighted by Gasteiger charge is 2.20. The minimum atomic E-state index is -0.995. The number of aromatic nitrogens is 1. The lowest BCUT2D eigenvalue weighted by Crippen LogP contribution is -2.23. The topological polar surface area (TPSA) is 92.4 Å². The van der Waals surface area contributed by atoms with Crippen molar-refractivity contribution in [3.8, 4) is 11.1 Å². The SMILES string of the molecule is O=C(O)c1ccc(CNC(=O)c2cc(-c3ccccc3)cc3noc(Cc4cccc(Cl)c4)c23)cc1. The lowest BCUT2D eigenvalue weighted by atomic mass is 9.97. The Labute approximate surface area is 212 Å². The Bertz CT molecular complexity index is 1560. The zero-order valence-corrected chi connectivity index (χ0v) is 19.8. The Morgan fingerprint density at radius 3 is 2.36 bits per heavy atom. The smallest absolute Gasteiger partial charge is 0.335 e. The summed E-state index contributed by atoms with van der Waals surface area (Å²) in [6, 6.07) is 27.4. The largest absolute Gasteiger partial charge is 0.478 e. The van der Waals surface area contributed by atoms with Gasteiger partial charge in [0.2, 0.25) is 0 Å². The number of benzene rings is 4. The number of halogens is 1. The van der Waals surface area contributed by atoms with Gasteiger partial charge < -0.3 is 14.9 Å². The van der Waals surface area contributed by atoms with Crippen LogP contribution in [-0.2, 0) is 13.0 Å². The summed E-state index contributed by atoms with van der Waals surface area (Å²) in [6.45, 7) is 0.241. The quantitative estimate of drug-likeness (QED) is 0.273. The highest BCUT2D eigenvalue weighted by Crippen LogP contribution is 2.31. The highest BCUT2D eigenvalue weighted by atomic mass is 35.5. The molecule has 4 aromatic carbocycles. The van der Waals surface area contributed by atoms with Crippen molar-refractivity contribution in [3.05, 3.63) is 124 Å². The van der Waals surface area contributed by atoms with E-state index in [-0.39, 0.29) is 18.0 Å². The van der Waals surface area contributed by atoms with Crippen molar-refractivity contribution in [2.24, 2.45) is 0 Å². The van der Waals surface area contributed by atoms with E-state index in [4.69, 9.17) is 21.2 Å². The van der Waals surface area contributed by atoms with Gasteiger partial charge in [0.25, 0.3) is 5.91 Å². The summed E-state index contributed by atoms with van der Waals surface area (Å²) in [7, 11) is 0. The maximum atomic E-state index is 13.5. The van der Waals surface area contributed by atoms with E-state index in [9.17, 15) is 9.59 Å². The molecule has 0 saturated heterocycles. The number of nitrogens with zero attached hydrogens (tertiary/aromatic N) is 1. The van der Waals surface area contributed by atoms with Gasteiger partial charge in [-0.3, -0.25) is 4.79 Å². The van der Waals surface area contributed by atoms with Crippen molar-refractivity contribution >= 4 is 34.4 Å². The molecule has 36 heavy (non-hydrogen) atoms. The molecule has 6 nitrogen and oxygen atoms in total. The zero-order valence-electron chi connectivity index (χ0n) is 19.1. The molecular weight excluding hydrogens is 476 g/mol. The molecule has 0 atom stereocenters. The van der Waals surface area contributed by atoms with Crippen molar-refractivity contribution in [2.45, 2.75) is 13.0 Å². The van der Waals surface area contributed by atoms with Crippen LogP contribution in [0.2, 0.25) is 5.02 Å². The monoisotopic (exact) mass is 496 g/mol. The van der Waals surface area contributed by atoms with Crippen LogP contribution in [0.25, 0.3) is 22.0 Å². The van der Waals surface area contributed by atoms with Crippen LogP contribution in [-0.4, -0.2) is 22.1 Å². The summed E-state index contributed by atoms with van der Waals surface area (Å²) in [4.78, 5) is 24.6. The van der Waals surface area contributed by atoms with Crippen LogP contribution in [0.1, 0.15) is 37.6 Å². The number of carbonyl (C=O) groups is 2. The first-order chi connectivity index (χ1) is 17.5. The maximum Gasteiger partial charge on any atom is 0.335 e. The Hall–Kier alpha value is -4.42. The fourth-order valence-electron chi connectivity index (χ4n) is 4.11. The molecule has 5 rings (SSSR count). The number of amides is 1. The second-order valence-electron chi connectivity index (χ2n) is 8.38. The summed E-state index contributed by atoms with van der Waals surface area (Å²) in [5.41, 5.74) is 4.76. The highest BCUT2D eigenvalue weighted by molar-refractivity contribution is 6.30. The number of rotatable bonds is 7. The third kappa shape index (κ3) is 4.99. The fourth-order valence-corrected chi connectivity index (χ4v) is 4.33. The molecule has 1 aromatic heterocycles. The first-order valence-corrected chi connectivity index (χ1v) is 11.7. The van der Waals surface area contributed by atoms with Crippen molar-refractivity contribution in [1.82, 2.24) is 10.5 Å². The van der Waals surface area contributed by atoms with Crippen molar-refractivity contribution in [3.63, 3.8) is 0 Å². The van der Waals surface area contributed by atoms with Gasteiger partial charge >= 0.3 is 5.97 Å². The van der Waals surface area contributed by atoms with Gasteiger partial charge in [-0.15, -0.1) is 0 Å². The molecule has 0 aliphatic rings. The molecule has 0 unspecified atom stereocenters. The van der Waals surface area contributed by atoms with E-state index in [1.165, 1.54) is 12.1 Å². The Morgan fingerprint density at radius 2 is 1.64 bits per heavy atom. The zero-order chi connectivity index (χ0) is 25.1. The number of nitrogens with one attached hydrogen (secondary N) is 1. The van der Waals surface area contributed by atoms with Gasteiger partial charge in [-0.1, -0.05) is 71.4 Å². The van der Waals surface area contributed by atoms with Gasteiger partial charge in [-0.2, -0.15) is 0 Å². The normalized spacial score (nSPS) is 10.9. The number of hydrogen-bond acceptors (Lipinski definition) is 4.